The molecule has 0 saturated carbocycles. The van der Waals surface area contributed by atoms with Crippen molar-refractivity contribution in [1.29, 1.82) is 0 Å². The zero-order valence-electron chi connectivity index (χ0n) is 20.3. The molecule has 38 heavy (non-hydrogen) atoms. The van der Waals surface area contributed by atoms with Crippen LogP contribution in [0.1, 0.15) is 11.1 Å². The highest BCUT2D eigenvalue weighted by Crippen LogP contribution is 2.34. The number of benzene rings is 3. The Balaban J connectivity index is 1.53. The average Bonchev–Trinajstić information content (AvgIpc) is 3.35. The molecular weight excluding hydrogens is 519 g/mol. The average molecular weight is 542 g/mol. The second-order valence-corrected chi connectivity index (χ2v) is 8.66. The van der Waals surface area contributed by atoms with Gasteiger partial charge in [-0.05, 0) is 36.4 Å². The van der Waals surface area contributed by atoms with Crippen molar-refractivity contribution in [2.75, 3.05) is 20.0 Å². The summed E-state index contributed by atoms with van der Waals surface area (Å²) >= 11 is 1.10. The number of thioether (sulfide) groups is 1. The van der Waals surface area contributed by atoms with E-state index in [1.807, 2.05) is 36.4 Å². The molecule has 0 aliphatic carbocycles. The number of ether oxygens (including phenoxy) is 2. The van der Waals surface area contributed by atoms with Crippen LogP contribution in [-0.2, 0) is 11.0 Å². The van der Waals surface area contributed by atoms with Gasteiger partial charge >= 0.3 is 6.18 Å². The topological polar surface area (TPSA) is 90.6 Å². The minimum atomic E-state index is -4.53. The number of carbonyl (C=O) groups is 1. The van der Waals surface area contributed by atoms with E-state index in [4.69, 9.17) is 9.47 Å². The number of rotatable bonds is 9. The molecular formula is C26H22F3N5O3S. The van der Waals surface area contributed by atoms with Crippen LogP contribution in [0.4, 0.5) is 13.2 Å². The molecule has 0 unspecified atom stereocenters. The van der Waals surface area contributed by atoms with Crippen LogP contribution in [0, 0.1) is 0 Å². The lowest BCUT2D eigenvalue weighted by molar-refractivity contribution is -0.137. The van der Waals surface area contributed by atoms with E-state index in [0.717, 1.165) is 29.7 Å². The molecule has 196 valence electrons. The smallest absolute Gasteiger partial charge is 0.417 e. The number of halogens is 3. The number of aromatic nitrogens is 3. The molecule has 12 heteroatoms. The Labute approximate surface area is 220 Å². The van der Waals surface area contributed by atoms with Crippen LogP contribution < -0.4 is 14.9 Å². The summed E-state index contributed by atoms with van der Waals surface area (Å²) in [7, 11) is 3.08. The van der Waals surface area contributed by atoms with Crippen molar-refractivity contribution in [2.24, 2.45) is 5.10 Å². The number of para-hydroxylation sites is 1. The maximum atomic E-state index is 13.1. The van der Waals surface area contributed by atoms with E-state index in [0.29, 0.717) is 28.0 Å². The Morgan fingerprint density at radius 1 is 1.00 bits per heavy atom. The van der Waals surface area contributed by atoms with Gasteiger partial charge in [0.15, 0.2) is 22.5 Å². The van der Waals surface area contributed by atoms with Crippen molar-refractivity contribution in [3.05, 3.63) is 83.9 Å². The van der Waals surface area contributed by atoms with Crippen LogP contribution >= 0.6 is 11.8 Å². The van der Waals surface area contributed by atoms with E-state index < -0.39 is 17.6 Å². The molecule has 0 bridgehead atoms. The molecule has 0 fully saturated rings. The molecule has 0 saturated heterocycles. The van der Waals surface area contributed by atoms with Gasteiger partial charge in [0.05, 0.1) is 31.8 Å². The Hall–Kier alpha value is -4.32. The number of hydrazone groups is 1. The third-order valence-corrected chi connectivity index (χ3v) is 6.21. The highest BCUT2D eigenvalue weighted by atomic mass is 32.2. The summed E-state index contributed by atoms with van der Waals surface area (Å²) in [5.41, 5.74) is 2.74. The number of nitrogens with zero attached hydrogens (tertiary/aromatic N) is 4. The first-order valence-corrected chi connectivity index (χ1v) is 12.1. The van der Waals surface area contributed by atoms with Gasteiger partial charge in [0.2, 0.25) is 0 Å². The molecule has 1 N–H and O–H groups in total. The Morgan fingerprint density at radius 3 is 2.42 bits per heavy atom. The van der Waals surface area contributed by atoms with E-state index in [-0.39, 0.29) is 11.3 Å². The number of hydrogen-bond acceptors (Lipinski definition) is 7. The van der Waals surface area contributed by atoms with E-state index >= 15 is 0 Å². The van der Waals surface area contributed by atoms with Crippen molar-refractivity contribution in [1.82, 2.24) is 20.2 Å². The molecule has 1 aromatic heterocycles. The second kappa shape index (κ2) is 11.8. The quantitative estimate of drug-likeness (QED) is 0.178. The standard InChI is InChI=1S/C26H22F3N5O3S/c1-36-21-13-12-17(14-22(21)37-2)24-32-33-25(34(24)19-9-4-3-5-10-19)38-16-23(35)31-30-15-18-8-6-7-11-20(18)26(27,28)29/h3-15H,16H2,1-2H3,(H,31,35)/b30-15-. The monoisotopic (exact) mass is 541 g/mol. The number of carbonyl (C=O) groups excluding carboxylic acids is 1. The fourth-order valence-corrected chi connectivity index (χ4v) is 4.28. The highest BCUT2D eigenvalue weighted by molar-refractivity contribution is 7.99. The Bertz CT molecular complexity index is 1440. The zero-order chi connectivity index (χ0) is 27.1. The van der Waals surface area contributed by atoms with E-state index in [1.54, 1.807) is 23.8 Å². The third kappa shape index (κ3) is 6.14. The maximum Gasteiger partial charge on any atom is 0.417 e. The predicted octanol–water partition coefficient (Wildman–Crippen LogP) is 5.21. The van der Waals surface area contributed by atoms with Gasteiger partial charge in [0.1, 0.15) is 0 Å². The van der Waals surface area contributed by atoms with Crippen molar-refractivity contribution >= 4 is 23.9 Å². The number of alkyl halides is 3. The first-order valence-electron chi connectivity index (χ1n) is 11.2. The summed E-state index contributed by atoms with van der Waals surface area (Å²) in [4.78, 5) is 12.4. The normalized spacial score (nSPS) is 11.5. The van der Waals surface area contributed by atoms with E-state index in [2.05, 4.69) is 20.7 Å². The van der Waals surface area contributed by atoms with Crippen LogP contribution in [0.3, 0.4) is 0 Å². The summed E-state index contributed by atoms with van der Waals surface area (Å²) in [6, 6.07) is 19.7. The van der Waals surface area contributed by atoms with Crippen molar-refractivity contribution in [2.45, 2.75) is 11.3 Å². The largest absolute Gasteiger partial charge is 0.493 e. The van der Waals surface area contributed by atoms with Gasteiger partial charge in [0.25, 0.3) is 5.91 Å². The molecule has 0 atom stereocenters. The van der Waals surface area contributed by atoms with Gasteiger partial charge in [-0.25, -0.2) is 5.43 Å². The van der Waals surface area contributed by atoms with Gasteiger partial charge < -0.3 is 9.47 Å². The third-order valence-electron chi connectivity index (χ3n) is 5.28. The first kappa shape index (κ1) is 26.7. The summed E-state index contributed by atoms with van der Waals surface area (Å²) in [6.07, 6.45) is -3.57. The molecule has 1 amide bonds. The summed E-state index contributed by atoms with van der Waals surface area (Å²) in [6.45, 7) is 0. The summed E-state index contributed by atoms with van der Waals surface area (Å²) in [5, 5.41) is 12.7. The Morgan fingerprint density at radius 2 is 1.71 bits per heavy atom. The molecule has 0 aliphatic rings. The van der Waals surface area contributed by atoms with Crippen LogP contribution in [0.2, 0.25) is 0 Å². The van der Waals surface area contributed by atoms with Gasteiger partial charge in [-0.3, -0.25) is 9.36 Å². The van der Waals surface area contributed by atoms with Crippen molar-refractivity contribution in [3.8, 4) is 28.6 Å². The fourth-order valence-electron chi connectivity index (χ4n) is 3.54. The SMILES string of the molecule is COc1ccc(-c2nnc(SCC(=O)N/N=C\c3ccccc3C(F)(F)F)n2-c2ccccc2)cc1OC. The summed E-state index contributed by atoms with van der Waals surface area (Å²) < 4.78 is 51.9. The zero-order valence-corrected chi connectivity index (χ0v) is 21.1. The van der Waals surface area contributed by atoms with Crippen molar-refractivity contribution < 1.29 is 27.4 Å². The lowest BCUT2D eigenvalue weighted by Gasteiger charge is -2.12. The lowest BCUT2D eigenvalue weighted by atomic mass is 10.1. The van der Waals surface area contributed by atoms with E-state index in [1.165, 1.54) is 25.3 Å². The number of hydrogen-bond donors (Lipinski definition) is 1. The van der Waals surface area contributed by atoms with Gasteiger partial charge in [-0.1, -0.05) is 48.2 Å². The fraction of sp³-hybridized carbons (Fsp3) is 0.154. The number of nitrogens with one attached hydrogen (secondary N) is 1. The van der Waals surface area contributed by atoms with Crippen LogP contribution in [0.25, 0.3) is 17.1 Å². The van der Waals surface area contributed by atoms with Crippen LogP contribution in [-0.4, -0.2) is 46.9 Å². The van der Waals surface area contributed by atoms with Crippen molar-refractivity contribution in [3.63, 3.8) is 0 Å². The first-order chi connectivity index (χ1) is 18.3. The number of methoxy groups -OCH3 is 2. The molecule has 4 aromatic rings. The molecule has 0 aliphatic heterocycles. The minimum Gasteiger partial charge on any atom is -0.493 e. The Kier molecular flexibility index (Phi) is 8.31. The lowest BCUT2D eigenvalue weighted by Crippen LogP contribution is -2.20. The molecule has 0 radical (unpaired) electrons. The predicted molar refractivity (Wildman–Crippen MR) is 138 cm³/mol. The van der Waals surface area contributed by atoms with Gasteiger partial charge in [-0.2, -0.15) is 18.3 Å². The summed E-state index contributed by atoms with van der Waals surface area (Å²) in [5.74, 6) is 0.973. The van der Waals surface area contributed by atoms with Gasteiger partial charge in [0, 0.05) is 16.8 Å². The molecule has 0 spiro atoms. The number of amides is 1. The van der Waals surface area contributed by atoms with Crippen LogP contribution in [0.15, 0.2) is 83.1 Å². The minimum absolute atomic E-state index is 0.102. The van der Waals surface area contributed by atoms with E-state index in [9.17, 15) is 18.0 Å². The highest BCUT2D eigenvalue weighted by Gasteiger charge is 2.32. The maximum absolute atomic E-state index is 13.1. The molecule has 3 aromatic carbocycles. The second-order valence-electron chi connectivity index (χ2n) is 7.71. The molecule has 8 nitrogen and oxygen atoms in total. The van der Waals surface area contributed by atoms with Crippen LogP contribution in [0.5, 0.6) is 11.5 Å². The van der Waals surface area contributed by atoms with Gasteiger partial charge in [-0.15, -0.1) is 10.2 Å². The molecule has 4 rings (SSSR count). The molecule has 1 heterocycles.